The summed E-state index contributed by atoms with van der Waals surface area (Å²) < 4.78 is 1.69. The first-order chi connectivity index (χ1) is 11.3. The Kier molecular flexibility index (Phi) is 7.30. The Hall–Kier alpha value is -2.17. The van der Waals surface area contributed by atoms with Gasteiger partial charge in [-0.15, -0.1) is 5.10 Å². The Morgan fingerprint density at radius 3 is 2.61 bits per heavy atom. The Morgan fingerprint density at radius 2 is 1.83 bits per heavy atom. The maximum atomic E-state index is 12.0. The topological polar surface area (TPSA) is 59.8 Å². The van der Waals surface area contributed by atoms with Gasteiger partial charge >= 0.3 is 0 Å². The maximum Gasteiger partial charge on any atom is 0.273 e. The van der Waals surface area contributed by atoms with E-state index in [0.717, 1.165) is 12.0 Å². The van der Waals surface area contributed by atoms with E-state index in [1.165, 1.54) is 32.1 Å². The van der Waals surface area contributed by atoms with Gasteiger partial charge in [0.05, 0.1) is 12.7 Å². The van der Waals surface area contributed by atoms with Gasteiger partial charge in [0.15, 0.2) is 5.69 Å². The van der Waals surface area contributed by atoms with E-state index in [-0.39, 0.29) is 5.91 Å². The minimum absolute atomic E-state index is 0.141. The molecule has 0 unspecified atom stereocenters. The van der Waals surface area contributed by atoms with E-state index < -0.39 is 0 Å². The molecule has 5 heteroatoms. The van der Waals surface area contributed by atoms with Crippen LogP contribution in [-0.2, 0) is 6.54 Å². The minimum atomic E-state index is -0.141. The van der Waals surface area contributed by atoms with Crippen LogP contribution in [0.15, 0.2) is 36.5 Å². The molecule has 1 amide bonds. The van der Waals surface area contributed by atoms with Crippen LogP contribution in [0.2, 0.25) is 0 Å². The van der Waals surface area contributed by atoms with E-state index >= 15 is 0 Å². The number of hydrogen-bond donors (Lipinski definition) is 1. The van der Waals surface area contributed by atoms with Crippen LogP contribution in [0.1, 0.15) is 61.5 Å². The molecule has 0 spiro atoms. The molecule has 0 aliphatic rings. The smallest absolute Gasteiger partial charge is 0.273 e. The van der Waals surface area contributed by atoms with Crippen molar-refractivity contribution in [2.24, 2.45) is 0 Å². The number of nitrogens with one attached hydrogen (secondary N) is 1. The lowest BCUT2D eigenvalue weighted by Gasteiger charge is -2.03. The van der Waals surface area contributed by atoms with Gasteiger partial charge in [0.2, 0.25) is 0 Å². The molecular weight excluding hydrogens is 288 g/mol. The summed E-state index contributed by atoms with van der Waals surface area (Å²) in [7, 11) is 0. The predicted molar refractivity (Wildman–Crippen MR) is 91.3 cm³/mol. The Balaban J connectivity index is 1.69. The summed E-state index contributed by atoms with van der Waals surface area (Å²) in [6.45, 7) is 3.54. The van der Waals surface area contributed by atoms with Gasteiger partial charge in [0.25, 0.3) is 5.91 Å². The zero-order valence-corrected chi connectivity index (χ0v) is 13.9. The van der Waals surface area contributed by atoms with Gasteiger partial charge in [-0.25, -0.2) is 4.68 Å². The fourth-order valence-electron chi connectivity index (χ4n) is 2.45. The van der Waals surface area contributed by atoms with E-state index in [0.29, 0.717) is 18.8 Å². The average Bonchev–Trinajstić information content (AvgIpc) is 3.03. The molecule has 1 N–H and O–H groups in total. The number of rotatable bonds is 10. The van der Waals surface area contributed by atoms with Gasteiger partial charge in [0, 0.05) is 6.54 Å². The van der Waals surface area contributed by atoms with Crippen LogP contribution in [0.5, 0.6) is 0 Å². The lowest BCUT2D eigenvalue weighted by atomic mass is 10.1. The third kappa shape index (κ3) is 6.22. The predicted octanol–water partition coefficient (Wildman–Crippen LogP) is 3.42. The second-order valence-corrected chi connectivity index (χ2v) is 5.81. The summed E-state index contributed by atoms with van der Waals surface area (Å²) in [5.41, 5.74) is 1.52. The summed E-state index contributed by atoms with van der Waals surface area (Å²) in [6.07, 6.45) is 8.99. The largest absolute Gasteiger partial charge is 0.351 e. The normalized spacial score (nSPS) is 10.7. The molecule has 0 bridgehead atoms. The molecule has 0 radical (unpaired) electrons. The van der Waals surface area contributed by atoms with E-state index in [9.17, 15) is 4.79 Å². The van der Waals surface area contributed by atoms with Crippen molar-refractivity contribution in [2.75, 3.05) is 6.54 Å². The maximum absolute atomic E-state index is 12.0. The Morgan fingerprint density at radius 1 is 1.09 bits per heavy atom. The highest BCUT2D eigenvalue weighted by Crippen LogP contribution is 2.05. The molecule has 0 fully saturated rings. The van der Waals surface area contributed by atoms with Gasteiger partial charge in [-0.1, -0.05) is 74.6 Å². The molecule has 1 aromatic carbocycles. The highest BCUT2D eigenvalue weighted by atomic mass is 16.2. The van der Waals surface area contributed by atoms with Crippen LogP contribution >= 0.6 is 0 Å². The lowest BCUT2D eigenvalue weighted by Crippen LogP contribution is -2.24. The van der Waals surface area contributed by atoms with Crippen molar-refractivity contribution < 1.29 is 4.79 Å². The van der Waals surface area contributed by atoms with Crippen molar-refractivity contribution in [1.29, 1.82) is 0 Å². The van der Waals surface area contributed by atoms with E-state index in [4.69, 9.17) is 0 Å². The Bertz CT molecular complexity index is 580. The second-order valence-electron chi connectivity index (χ2n) is 5.81. The van der Waals surface area contributed by atoms with Gasteiger partial charge in [-0.2, -0.15) is 0 Å². The van der Waals surface area contributed by atoms with Crippen molar-refractivity contribution in [1.82, 2.24) is 20.3 Å². The van der Waals surface area contributed by atoms with Gasteiger partial charge in [-0.05, 0) is 12.0 Å². The van der Waals surface area contributed by atoms with Crippen molar-refractivity contribution in [3.63, 3.8) is 0 Å². The summed E-state index contributed by atoms with van der Waals surface area (Å²) in [4.78, 5) is 12.0. The molecule has 1 aromatic heterocycles. The monoisotopic (exact) mass is 314 g/mol. The van der Waals surface area contributed by atoms with Gasteiger partial charge in [0.1, 0.15) is 0 Å². The van der Waals surface area contributed by atoms with Crippen molar-refractivity contribution >= 4 is 5.91 Å². The van der Waals surface area contributed by atoms with Crippen LogP contribution < -0.4 is 5.32 Å². The van der Waals surface area contributed by atoms with Crippen LogP contribution in [0.4, 0.5) is 0 Å². The summed E-state index contributed by atoms with van der Waals surface area (Å²) in [5, 5.41) is 10.9. The number of unbranched alkanes of at least 4 members (excludes halogenated alkanes) is 5. The summed E-state index contributed by atoms with van der Waals surface area (Å²) in [5.74, 6) is -0.141. The summed E-state index contributed by atoms with van der Waals surface area (Å²) in [6, 6.07) is 10.0. The molecule has 2 rings (SSSR count). The molecule has 0 atom stereocenters. The van der Waals surface area contributed by atoms with Crippen LogP contribution in [0, 0.1) is 0 Å². The molecule has 1 heterocycles. The van der Waals surface area contributed by atoms with Crippen molar-refractivity contribution in [3.8, 4) is 0 Å². The fraction of sp³-hybridized carbons (Fsp3) is 0.500. The van der Waals surface area contributed by atoms with Crippen LogP contribution in [0.25, 0.3) is 0 Å². The standard InChI is InChI=1S/C18H26N4O/c1-2-3-4-5-6-10-13-19-18(23)17-15-22(21-20-17)14-16-11-8-7-9-12-16/h7-9,11-12,15H,2-6,10,13-14H2,1H3,(H,19,23). The molecule has 0 aliphatic carbocycles. The number of benzene rings is 1. The number of aromatic nitrogens is 3. The number of nitrogens with zero attached hydrogens (tertiary/aromatic N) is 3. The zero-order valence-electron chi connectivity index (χ0n) is 13.9. The van der Waals surface area contributed by atoms with Crippen molar-refractivity contribution in [3.05, 3.63) is 47.8 Å². The van der Waals surface area contributed by atoms with E-state index in [2.05, 4.69) is 22.6 Å². The summed E-state index contributed by atoms with van der Waals surface area (Å²) >= 11 is 0. The highest BCUT2D eigenvalue weighted by molar-refractivity contribution is 5.91. The average molecular weight is 314 g/mol. The van der Waals surface area contributed by atoms with Crippen LogP contribution in [-0.4, -0.2) is 27.4 Å². The molecule has 0 saturated carbocycles. The molecule has 23 heavy (non-hydrogen) atoms. The fourth-order valence-corrected chi connectivity index (χ4v) is 2.45. The molecule has 0 aliphatic heterocycles. The molecule has 2 aromatic rings. The first kappa shape index (κ1) is 17.2. The number of carbonyl (C=O) groups is 1. The molecule has 0 saturated heterocycles. The first-order valence-corrected chi connectivity index (χ1v) is 8.52. The molecule has 124 valence electrons. The van der Waals surface area contributed by atoms with E-state index in [1.54, 1.807) is 10.9 Å². The van der Waals surface area contributed by atoms with Gasteiger partial charge in [-0.3, -0.25) is 4.79 Å². The SMILES string of the molecule is CCCCCCCCNC(=O)c1cn(Cc2ccccc2)nn1. The van der Waals surface area contributed by atoms with Gasteiger partial charge < -0.3 is 5.32 Å². The molecule has 5 nitrogen and oxygen atoms in total. The zero-order chi connectivity index (χ0) is 16.3. The van der Waals surface area contributed by atoms with Crippen LogP contribution in [0.3, 0.4) is 0 Å². The lowest BCUT2D eigenvalue weighted by molar-refractivity contribution is 0.0948. The number of carbonyl (C=O) groups excluding carboxylic acids is 1. The van der Waals surface area contributed by atoms with E-state index in [1.807, 2.05) is 30.3 Å². The Labute approximate surface area is 138 Å². The second kappa shape index (κ2) is 9.77. The quantitative estimate of drug-likeness (QED) is 0.684. The third-order valence-corrected chi connectivity index (χ3v) is 3.77. The number of amides is 1. The minimum Gasteiger partial charge on any atom is -0.351 e. The highest BCUT2D eigenvalue weighted by Gasteiger charge is 2.10. The van der Waals surface area contributed by atoms with Crippen molar-refractivity contribution in [2.45, 2.75) is 52.0 Å². The first-order valence-electron chi connectivity index (χ1n) is 8.52. The number of hydrogen-bond acceptors (Lipinski definition) is 3. The third-order valence-electron chi connectivity index (χ3n) is 3.77. The molecular formula is C18H26N4O.